The standard InChI is InChI=1S/C13H20N4S/c1-13(2)7-4-3-5-10(13)17-12-15-8-6-9(16-12)11(14)18/h6,8,10H,3-5,7H2,1-2H3,(H2,14,18)(H,15,16,17). The number of rotatable bonds is 3. The summed E-state index contributed by atoms with van der Waals surface area (Å²) in [7, 11) is 0. The normalized spacial score (nSPS) is 22.4. The fourth-order valence-corrected chi connectivity index (χ4v) is 2.60. The summed E-state index contributed by atoms with van der Waals surface area (Å²) in [5, 5.41) is 3.43. The Kier molecular flexibility index (Phi) is 3.80. The van der Waals surface area contributed by atoms with E-state index >= 15 is 0 Å². The molecule has 1 heterocycles. The van der Waals surface area contributed by atoms with Gasteiger partial charge in [-0.25, -0.2) is 9.97 Å². The van der Waals surface area contributed by atoms with Crippen molar-refractivity contribution in [2.45, 2.75) is 45.6 Å². The predicted molar refractivity (Wildman–Crippen MR) is 77.6 cm³/mol. The van der Waals surface area contributed by atoms with Crippen LogP contribution in [0.5, 0.6) is 0 Å². The number of hydrogen-bond acceptors (Lipinski definition) is 4. The summed E-state index contributed by atoms with van der Waals surface area (Å²) in [6, 6.07) is 2.15. The van der Waals surface area contributed by atoms with Gasteiger partial charge >= 0.3 is 0 Å². The van der Waals surface area contributed by atoms with Gasteiger partial charge in [0, 0.05) is 12.2 Å². The molecule has 1 atom stereocenters. The molecule has 0 bridgehead atoms. The maximum atomic E-state index is 5.58. The van der Waals surface area contributed by atoms with Crippen LogP contribution in [0.1, 0.15) is 45.2 Å². The molecule has 3 N–H and O–H groups in total. The third-order valence-electron chi connectivity index (χ3n) is 3.72. The largest absolute Gasteiger partial charge is 0.388 e. The number of anilines is 1. The van der Waals surface area contributed by atoms with E-state index in [0.717, 1.165) is 6.42 Å². The number of thiocarbonyl (C=S) groups is 1. The summed E-state index contributed by atoms with van der Waals surface area (Å²) < 4.78 is 0. The minimum Gasteiger partial charge on any atom is -0.388 e. The minimum atomic E-state index is 0.279. The van der Waals surface area contributed by atoms with Crippen LogP contribution in [0.4, 0.5) is 5.95 Å². The van der Waals surface area contributed by atoms with Gasteiger partial charge in [0.25, 0.3) is 0 Å². The lowest BCUT2D eigenvalue weighted by atomic mass is 9.73. The van der Waals surface area contributed by atoms with Crippen LogP contribution >= 0.6 is 12.2 Å². The Bertz CT molecular complexity index is 444. The highest BCUT2D eigenvalue weighted by Crippen LogP contribution is 2.36. The van der Waals surface area contributed by atoms with Crippen LogP contribution in [0.2, 0.25) is 0 Å². The van der Waals surface area contributed by atoms with Gasteiger partial charge in [-0.1, -0.05) is 38.9 Å². The zero-order valence-corrected chi connectivity index (χ0v) is 11.8. The SMILES string of the molecule is CC1(C)CCCCC1Nc1nccc(C(N)=S)n1. The molecule has 1 saturated carbocycles. The highest BCUT2D eigenvalue weighted by Gasteiger charge is 2.32. The molecule has 0 aliphatic heterocycles. The monoisotopic (exact) mass is 264 g/mol. The molecule has 0 radical (unpaired) electrons. The van der Waals surface area contributed by atoms with Crippen LogP contribution in [0.15, 0.2) is 12.3 Å². The highest BCUT2D eigenvalue weighted by molar-refractivity contribution is 7.80. The Morgan fingerprint density at radius 3 is 2.94 bits per heavy atom. The summed E-state index contributed by atoms with van der Waals surface area (Å²) in [4.78, 5) is 8.90. The van der Waals surface area contributed by atoms with Crippen molar-refractivity contribution >= 4 is 23.2 Å². The molecule has 0 saturated heterocycles. The van der Waals surface area contributed by atoms with E-state index in [2.05, 4.69) is 29.1 Å². The van der Waals surface area contributed by atoms with Gasteiger partial charge < -0.3 is 11.1 Å². The Morgan fingerprint density at radius 1 is 1.50 bits per heavy atom. The van der Waals surface area contributed by atoms with E-state index in [-0.39, 0.29) is 5.41 Å². The summed E-state index contributed by atoms with van der Waals surface area (Å²) in [5.41, 5.74) is 6.48. The van der Waals surface area contributed by atoms with Crippen molar-refractivity contribution in [3.63, 3.8) is 0 Å². The van der Waals surface area contributed by atoms with Crippen LogP contribution in [-0.4, -0.2) is 21.0 Å². The highest BCUT2D eigenvalue weighted by atomic mass is 32.1. The van der Waals surface area contributed by atoms with Gasteiger partial charge in [-0.3, -0.25) is 0 Å². The number of nitrogens with two attached hydrogens (primary N) is 1. The molecule has 18 heavy (non-hydrogen) atoms. The Morgan fingerprint density at radius 2 is 2.28 bits per heavy atom. The van der Waals surface area contributed by atoms with Gasteiger partial charge in [0.15, 0.2) is 0 Å². The summed E-state index contributed by atoms with van der Waals surface area (Å²) in [5.74, 6) is 0.625. The number of aromatic nitrogens is 2. The Labute approximate surface area is 113 Å². The van der Waals surface area contributed by atoms with E-state index in [1.165, 1.54) is 19.3 Å². The van der Waals surface area contributed by atoms with E-state index in [9.17, 15) is 0 Å². The topological polar surface area (TPSA) is 63.8 Å². The van der Waals surface area contributed by atoms with E-state index in [0.29, 0.717) is 22.7 Å². The van der Waals surface area contributed by atoms with Gasteiger partial charge in [-0.15, -0.1) is 0 Å². The smallest absolute Gasteiger partial charge is 0.223 e. The second-order valence-electron chi connectivity index (χ2n) is 5.56. The van der Waals surface area contributed by atoms with Crippen molar-refractivity contribution in [1.82, 2.24) is 9.97 Å². The molecule has 0 spiro atoms. The molecule has 1 aliphatic rings. The van der Waals surface area contributed by atoms with Crippen LogP contribution < -0.4 is 11.1 Å². The molecule has 1 unspecified atom stereocenters. The van der Waals surface area contributed by atoms with Crippen LogP contribution in [0.25, 0.3) is 0 Å². The first-order chi connectivity index (χ1) is 8.49. The molecule has 0 amide bonds. The molecular formula is C13H20N4S. The third kappa shape index (κ3) is 2.96. The summed E-state index contributed by atoms with van der Waals surface area (Å²) in [6.07, 6.45) is 6.65. The molecule has 1 aromatic rings. The fourth-order valence-electron chi connectivity index (χ4n) is 2.48. The first kappa shape index (κ1) is 13.2. The summed E-state index contributed by atoms with van der Waals surface area (Å²) in [6.45, 7) is 4.59. The van der Waals surface area contributed by atoms with E-state index < -0.39 is 0 Å². The first-order valence-electron chi connectivity index (χ1n) is 6.38. The quantitative estimate of drug-likeness (QED) is 0.821. The molecule has 1 aliphatic carbocycles. The average Bonchev–Trinajstić information content (AvgIpc) is 2.32. The van der Waals surface area contributed by atoms with Crippen LogP contribution in [0.3, 0.4) is 0 Å². The van der Waals surface area contributed by atoms with Crippen LogP contribution in [0, 0.1) is 5.41 Å². The zero-order valence-electron chi connectivity index (χ0n) is 10.9. The predicted octanol–water partition coefficient (Wildman–Crippen LogP) is 2.49. The number of nitrogens with one attached hydrogen (secondary N) is 1. The Hall–Kier alpha value is -1.23. The van der Waals surface area contributed by atoms with E-state index in [4.69, 9.17) is 18.0 Å². The maximum Gasteiger partial charge on any atom is 0.223 e. The van der Waals surface area contributed by atoms with Crippen molar-refractivity contribution in [1.29, 1.82) is 0 Å². The van der Waals surface area contributed by atoms with Crippen molar-refractivity contribution < 1.29 is 0 Å². The van der Waals surface area contributed by atoms with Gasteiger partial charge in [0.1, 0.15) is 10.7 Å². The second kappa shape index (κ2) is 5.18. The Balaban J connectivity index is 2.13. The molecule has 4 nitrogen and oxygen atoms in total. The summed E-state index contributed by atoms with van der Waals surface area (Å²) >= 11 is 4.93. The van der Waals surface area contributed by atoms with Gasteiger partial charge in [0.05, 0.1) is 0 Å². The molecular weight excluding hydrogens is 244 g/mol. The lowest BCUT2D eigenvalue weighted by Gasteiger charge is -2.39. The van der Waals surface area contributed by atoms with Crippen LogP contribution in [-0.2, 0) is 0 Å². The molecule has 1 aromatic heterocycles. The molecule has 1 fully saturated rings. The van der Waals surface area contributed by atoms with Crippen molar-refractivity contribution in [2.24, 2.45) is 11.1 Å². The van der Waals surface area contributed by atoms with E-state index in [1.807, 2.05) is 0 Å². The van der Waals surface area contributed by atoms with Crippen molar-refractivity contribution in [2.75, 3.05) is 5.32 Å². The van der Waals surface area contributed by atoms with Gasteiger partial charge in [0.2, 0.25) is 5.95 Å². The van der Waals surface area contributed by atoms with E-state index in [1.54, 1.807) is 12.3 Å². The lowest BCUT2D eigenvalue weighted by molar-refractivity contribution is 0.216. The minimum absolute atomic E-state index is 0.279. The van der Waals surface area contributed by atoms with Crippen molar-refractivity contribution in [3.8, 4) is 0 Å². The number of hydrogen-bond donors (Lipinski definition) is 2. The molecule has 5 heteroatoms. The average molecular weight is 264 g/mol. The maximum absolute atomic E-state index is 5.58. The second-order valence-corrected chi connectivity index (χ2v) is 6.00. The fraction of sp³-hybridized carbons (Fsp3) is 0.615. The lowest BCUT2D eigenvalue weighted by Crippen LogP contribution is -2.39. The van der Waals surface area contributed by atoms with Gasteiger partial charge in [-0.2, -0.15) is 0 Å². The molecule has 98 valence electrons. The third-order valence-corrected chi connectivity index (χ3v) is 3.93. The molecule has 0 aromatic carbocycles. The van der Waals surface area contributed by atoms with Crippen molar-refractivity contribution in [3.05, 3.63) is 18.0 Å². The first-order valence-corrected chi connectivity index (χ1v) is 6.79. The van der Waals surface area contributed by atoms with Gasteiger partial charge in [-0.05, 0) is 24.3 Å². The number of nitrogens with zero attached hydrogens (tertiary/aromatic N) is 2. The zero-order chi connectivity index (χ0) is 13.2. The molecule has 2 rings (SSSR count).